The van der Waals surface area contributed by atoms with Gasteiger partial charge in [0.15, 0.2) is 0 Å². The Morgan fingerprint density at radius 1 is 1.78 bits per heavy atom. The second-order valence-electron chi connectivity index (χ2n) is 1.16. The molecule has 0 bridgehead atoms. The summed E-state index contributed by atoms with van der Waals surface area (Å²) in [6, 6.07) is 0. The SMILES string of the molecule is COC(=O)CO[B]C=O. The van der Waals surface area contributed by atoms with E-state index < -0.39 is 5.97 Å². The van der Waals surface area contributed by atoms with Gasteiger partial charge >= 0.3 is 13.5 Å². The molecule has 0 heterocycles. The first-order valence-electron chi connectivity index (χ1n) is 2.26. The first-order chi connectivity index (χ1) is 4.31. The van der Waals surface area contributed by atoms with Crippen molar-refractivity contribution < 1.29 is 19.0 Å². The molecular weight excluding hydrogens is 123 g/mol. The van der Waals surface area contributed by atoms with Crippen molar-refractivity contribution in [1.82, 2.24) is 0 Å². The van der Waals surface area contributed by atoms with E-state index in [1.54, 1.807) is 0 Å². The Morgan fingerprint density at radius 3 is 2.89 bits per heavy atom. The average molecular weight is 129 g/mol. The predicted molar refractivity (Wildman–Crippen MR) is 30.5 cm³/mol. The summed E-state index contributed by atoms with van der Waals surface area (Å²) in [4.78, 5) is 19.7. The molecule has 1 radical (unpaired) electrons. The van der Waals surface area contributed by atoms with Crippen molar-refractivity contribution in [3.05, 3.63) is 0 Å². The van der Waals surface area contributed by atoms with E-state index >= 15 is 0 Å². The predicted octanol–water partition coefficient (Wildman–Crippen LogP) is -1.01. The van der Waals surface area contributed by atoms with Crippen molar-refractivity contribution in [3.8, 4) is 0 Å². The van der Waals surface area contributed by atoms with Gasteiger partial charge in [0, 0.05) is 0 Å². The molecule has 0 saturated carbocycles. The summed E-state index contributed by atoms with van der Waals surface area (Å²) in [6.45, 7) is -0.213. The van der Waals surface area contributed by atoms with Crippen LogP contribution in [0.2, 0.25) is 0 Å². The lowest BCUT2D eigenvalue weighted by Gasteiger charge is -1.95. The zero-order valence-electron chi connectivity index (χ0n) is 4.99. The van der Waals surface area contributed by atoms with E-state index in [4.69, 9.17) is 0 Å². The van der Waals surface area contributed by atoms with Gasteiger partial charge in [0.1, 0.15) is 12.8 Å². The normalized spacial score (nSPS) is 8.11. The lowest BCUT2D eigenvalue weighted by atomic mass is 10.1. The van der Waals surface area contributed by atoms with Gasteiger partial charge in [-0.1, -0.05) is 0 Å². The van der Waals surface area contributed by atoms with Crippen LogP contribution < -0.4 is 0 Å². The van der Waals surface area contributed by atoms with Gasteiger partial charge in [-0.2, -0.15) is 0 Å². The fourth-order valence-electron chi connectivity index (χ4n) is 0.214. The van der Waals surface area contributed by atoms with Gasteiger partial charge in [0.2, 0.25) is 0 Å². The molecule has 4 nitrogen and oxygen atoms in total. The number of carbonyl (C=O) groups is 2. The Labute approximate surface area is 53.4 Å². The molecule has 5 heteroatoms. The summed E-state index contributed by atoms with van der Waals surface area (Å²) < 4.78 is 8.56. The lowest BCUT2D eigenvalue weighted by molar-refractivity contribution is -0.142. The van der Waals surface area contributed by atoms with E-state index in [9.17, 15) is 9.59 Å². The second-order valence-corrected chi connectivity index (χ2v) is 1.16. The number of ether oxygens (including phenoxy) is 1. The smallest absolute Gasteiger partial charge is 0.371 e. The summed E-state index contributed by atoms with van der Waals surface area (Å²) in [7, 11) is 2.13. The molecule has 0 aromatic carbocycles. The number of carbonyl (C=O) groups excluding carboxylic acids is 2. The number of esters is 1. The summed E-state index contributed by atoms with van der Waals surface area (Å²) in [5.41, 5.74) is 0. The van der Waals surface area contributed by atoms with Crippen molar-refractivity contribution in [3.63, 3.8) is 0 Å². The van der Waals surface area contributed by atoms with Crippen LogP contribution in [0.1, 0.15) is 0 Å². The fraction of sp³-hybridized carbons (Fsp3) is 0.500. The van der Waals surface area contributed by atoms with Crippen molar-refractivity contribution >= 4 is 19.6 Å². The maximum Gasteiger partial charge on any atom is 0.371 e. The number of hydrogen-bond donors (Lipinski definition) is 0. The monoisotopic (exact) mass is 129 g/mol. The lowest BCUT2D eigenvalue weighted by Crippen LogP contribution is -2.12. The van der Waals surface area contributed by atoms with Gasteiger partial charge in [-0.25, -0.2) is 4.79 Å². The van der Waals surface area contributed by atoms with Crippen LogP contribution in [-0.2, 0) is 19.0 Å². The summed E-state index contributed by atoms with van der Waals surface area (Å²) >= 11 is 0. The Hall–Kier alpha value is -0.835. The first-order valence-corrected chi connectivity index (χ1v) is 2.26. The topological polar surface area (TPSA) is 52.6 Å². The zero-order valence-corrected chi connectivity index (χ0v) is 4.99. The molecule has 9 heavy (non-hydrogen) atoms. The van der Waals surface area contributed by atoms with Crippen LogP contribution in [0.5, 0.6) is 0 Å². The van der Waals surface area contributed by atoms with E-state index in [-0.39, 0.29) is 6.61 Å². The molecule has 0 unspecified atom stereocenters. The molecule has 0 fully saturated rings. The summed E-state index contributed by atoms with van der Waals surface area (Å²) in [5.74, 6) is -0.506. The Balaban J connectivity index is 3.06. The number of methoxy groups -OCH3 is 1. The quantitative estimate of drug-likeness (QED) is 0.211. The zero-order chi connectivity index (χ0) is 7.11. The second kappa shape index (κ2) is 5.30. The molecule has 0 aromatic heterocycles. The third kappa shape index (κ3) is 5.03. The molecular formula is C4H6BO4. The molecule has 0 amide bonds. The third-order valence-electron chi connectivity index (χ3n) is 0.581. The minimum atomic E-state index is -0.506. The molecule has 0 aliphatic rings. The number of hydrogen-bond acceptors (Lipinski definition) is 4. The van der Waals surface area contributed by atoms with Crippen LogP contribution in [0.4, 0.5) is 0 Å². The summed E-state index contributed by atoms with van der Waals surface area (Å²) in [6.07, 6.45) is 0.447. The molecule has 0 atom stereocenters. The van der Waals surface area contributed by atoms with Gasteiger partial charge in [0.25, 0.3) is 0 Å². The van der Waals surface area contributed by atoms with Crippen molar-refractivity contribution in [1.29, 1.82) is 0 Å². The molecule has 0 rings (SSSR count). The van der Waals surface area contributed by atoms with E-state index in [0.29, 0.717) is 6.19 Å². The van der Waals surface area contributed by atoms with Crippen LogP contribution in [0, 0.1) is 0 Å². The molecule has 0 saturated heterocycles. The van der Waals surface area contributed by atoms with E-state index in [1.807, 2.05) is 0 Å². The minimum Gasteiger partial charge on any atom is -0.467 e. The van der Waals surface area contributed by atoms with Gasteiger partial charge in [0.05, 0.1) is 7.11 Å². The maximum absolute atomic E-state index is 10.2. The van der Waals surface area contributed by atoms with E-state index in [2.05, 4.69) is 9.39 Å². The van der Waals surface area contributed by atoms with Crippen LogP contribution >= 0.6 is 0 Å². The Bertz CT molecular complexity index is 103. The minimum absolute atomic E-state index is 0.213. The van der Waals surface area contributed by atoms with Crippen molar-refractivity contribution in [2.75, 3.05) is 13.7 Å². The molecule has 0 spiro atoms. The molecule has 0 aliphatic heterocycles. The standard InChI is InChI=1S/C4H6BO4/c1-8-4(7)2-9-5-3-6/h3H,2H2,1H3. The highest BCUT2D eigenvalue weighted by atomic mass is 16.5. The maximum atomic E-state index is 10.2. The highest BCUT2D eigenvalue weighted by Crippen LogP contribution is 1.73. The highest BCUT2D eigenvalue weighted by Gasteiger charge is 1.98. The van der Waals surface area contributed by atoms with E-state index in [1.165, 1.54) is 7.11 Å². The van der Waals surface area contributed by atoms with Crippen molar-refractivity contribution in [2.45, 2.75) is 0 Å². The molecule has 0 aromatic rings. The van der Waals surface area contributed by atoms with E-state index in [0.717, 1.165) is 7.48 Å². The fourth-order valence-corrected chi connectivity index (χ4v) is 0.214. The molecule has 49 valence electrons. The summed E-state index contributed by atoms with van der Waals surface area (Å²) in [5, 5.41) is 0. The Morgan fingerprint density at radius 2 is 2.44 bits per heavy atom. The highest BCUT2D eigenvalue weighted by molar-refractivity contribution is 6.61. The molecule has 0 aliphatic carbocycles. The first kappa shape index (κ1) is 8.16. The van der Waals surface area contributed by atoms with Gasteiger partial charge in [-0.05, 0) is 0 Å². The van der Waals surface area contributed by atoms with Gasteiger partial charge in [-0.3, -0.25) is 0 Å². The van der Waals surface area contributed by atoms with Crippen LogP contribution in [0.15, 0.2) is 0 Å². The van der Waals surface area contributed by atoms with Crippen LogP contribution in [0.25, 0.3) is 0 Å². The largest absolute Gasteiger partial charge is 0.467 e. The van der Waals surface area contributed by atoms with Crippen LogP contribution in [0.3, 0.4) is 0 Å². The van der Waals surface area contributed by atoms with Gasteiger partial charge < -0.3 is 14.2 Å². The Kier molecular flexibility index (Phi) is 4.81. The van der Waals surface area contributed by atoms with Gasteiger partial charge in [-0.15, -0.1) is 0 Å². The third-order valence-corrected chi connectivity index (χ3v) is 0.581. The number of rotatable bonds is 4. The molecule has 0 N–H and O–H groups in total. The average Bonchev–Trinajstić information content (AvgIpc) is 1.89. The van der Waals surface area contributed by atoms with Crippen molar-refractivity contribution in [2.24, 2.45) is 0 Å². The van der Waals surface area contributed by atoms with Crippen LogP contribution in [-0.4, -0.2) is 33.4 Å².